The molecule has 3 atom stereocenters. The van der Waals surface area contributed by atoms with Crippen LogP contribution in [0.5, 0.6) is 23.0 Å². The topological polar surface area (TPSA) is 114 Å². The van der Waals surface area contributed by atoms with Crippen molar-refractivity contribution in [3.8, 4) is 23.0 Å². The van der Waals surface area contributed by atoms with E-state index in [4.69, 9.17) is 14.2 Å². The van der Waals surface area contributed by atoms with Gasteiger partial charge < -0.3 is 35.1 Å². The van der Waals surface area contributed by atoms with Crippen LogP contribution in [0.25, 0.3) is 10.9 Å². The van der Waals surface area contributed by atoms with E-state index >= 15 is 4.39 Å². The molecule has 2 heterocycles. The Morgan fingerprint density at radius 3 is 2.25 bits per heavy atom. The second-order valence-electron chi connectivity index (χ2n) is 12.2. The van der Waals surface area contributed by atoms with E-state index in [0.717, 1.165) is 45.2 Å². The molecule has 12 heteroatoms. The average Bonchev–Trinajstić information content (AvgIpc) is 3.65. The molecule has 3 aromatic carbocycles. The fourth-order valence-corrected chi connectivity index (χ4v) is 6.38. The number of carbonyl (C=O) groups excluding carboxylic acids is 2. The van der Waals surface area contributed by atoms with E-state index in [1.54, 1.807) is 31.5 Å². The molecule has 48 heavy (non-hydrogen) atoms. The maximum atomic E-state index is 15.4. The second-order valence-corrected chi connectivity index (χ2v) is 12.2. The predicted octanol–water partition coefficient (Wildman–Crippen LogP) is 5.84. The zero-order valence-electron chi connectivity index (χ0n) is 27.1. The molecule has 2 aliphatic rings. The number of rotatable bonds is 12. The van der Waals surface area contributed by atoms with E-state index in [1.165, 1.54) is 36.4 Å². The zero-order chi connectivity index (χ0) is 33.8. The lowest BCUT2D eigenvalue weighted by Gasteiger charge is -2.27. The van der Waals surface area contributed by atoms with E-state index in [2.05, 4.69) is 25.8 Å². The van der Waals surface area contributed by atoms with E-state index < -0.39 is 28.9 Å². The van der Waals surface area contributed by atoms with Crippen LogP contribution in [0, 0.1) is 28.9 Å². The van der Waals surface area contributed by atoms with Gasteiger partial charge in [-0.1, -0.05) is 13.8 Å². The zero-order valence-corrected chi connectivity index (χ0v) is 27.1. The van der Waals surface area contributed by atoms with Crippen molar-refractivity contribution in [1.82, 2.24) is 15.2 Å². The number of fused-ring (bicyclic) bond motifs is 1. The largest absolute Gasteiger partial charge is 0.493 e. The Bertz CT molecular complexity index is 1790. The Hall–Kier alpha value is -4.81. The van der Waals surface area contributed by atoms with Gasteiger partial charge in [0.15, 0.2) is 23.1 Å². The highest BCUT2D eigenvalue weighted by Crippen LogP contribution is 2.59. The minimum atomic E-state index is -1.36. The van der Waals surface area contributed by atoms with Crippen molar-refractivity contribution in [2.24, 2.45) is 17.3 Å². The quantitative estimate of drug-likeness (QED) is 0.129. The Kier molecular flexibility index (Phi) is 9.74. The molecular formula is C36H39F2N5O5. The summed E-state index contributed by atoms with van der Waals surface area (Å²) in [6.45, 7) is 9.15. The molecule has 0 spiro atoms. The first-order valence-electron chi connectivity index (χ1n) is 16.1. The Balaban J connectivity index is 1.13. The highest BCUT2D eigenvalue weighted by atomic mass is 19.1. The number of amides is 2. The molecule has 10 nitrogen and oxygen atoms in total. The van der Waals surface area contributed by atoms with Gasteiger partial charge in [-0.05, 0) is 66.8 Å². The van der Waals surface area contributed by atoms with Crippen molar-refractivity contribution in [2.45, 2.75) is 20.3 Å². The van der Waals surface area contributed by atoms with E-state index in [-0.39, 0.29) is 23.3 Å². The van der Waals surface area contributed by atoms with Crippen LogP contribution >= 0.6 is 0 Å². The number of methoxy groups -OCH3 is 1. The first kappa shape index (κ1) is 33.1. The van der Waals surface area contributed by atoms with Gasteiger partial charge in [-0.15, -0.1) is 0 Å². The fourth-order valence-electron chi connectivity index (χ4n) is 6.38. The van der Waals surface area contributed by atoms with Crippen molar-refractivity contribution in [3.05, 3.63) is 78.5 Å². The SMILES string of the molecule is COc1cc2c(Oc3ccc(NC(=O)[C@@]4(C(=O)Nc5ccc(F)cc5)[C@H](C)[C@@H]4C)cc3F)ccnc2cc1OCCCN1CCNCC1. The highest BCUT2D eigenvalue weighted by molar-refractivity contribution is 6.17. The summed E-state index contributed by atoms with van der Waals surface area (Å²) >= 11 is 0. The van der Waals surface area contributed by atoms with Gasteiger partial charge in [-0.2, -0.15) is 0 Å². The molecule has 1 saturated heterocycles. The van der Waals surface area contributed by atoms with Crippen LogP contribution in [0.15, 0.2) is 66.9 Å². The van der Waals surface area contributed by atoms with Crippen LogP contribution in [-0.4, -0.2) is 68.1 Å². The highest BCUT2D eigenvalue weighted by Gasteiger charge is 2.69. The molecule has 252 valence electrons. The number of nitrogens with one attached hydrogen (secondary N) is 3. The minimum absolute atomic E-state index is 0.0652. The molecule has 6 rings (SSSR count). The summed E-state index contributed by atoms with van der Waals surface area (Å²) in [6.07, 6.45) is 2.44. The number of carbonyl (C=O) groups is 2. The van der Waals surface area contributed by atoms with E-state index in [0.29, 0.717) is 40.4 Å². The molecule has 3 N–H and O–H groups in total. The van der Waals surface area contributed by atoms with Crippen LogP contribution < -0.4 is 30.2 Å². The smallest absolute Gasteiger partial charge is 0.240 e. The molecule has 2 fully saturated rings. The molecule has 1 saturated carbocycles. The maximum absolute atomic E-state index is 15.4. The number of anilines is 2. The van der Waals surface area contributed by atoms with Gasteiger partial charge in [0.05, 0.1) is 19.2 Å². The molecular weight excluding hydrogens is 620 g/mol. The summed E-state index contributed by atoms with van der Waals surface area (Å²) in [5, 5.41) is 9.37. The average molecular weight is 660 g/mol. The van der Waals surface area contributed by atoms with Crippen molar-refractivity contribution >= 4 is 34.1 Å². The number of hydrogen-bond donors (Lipinski definition) is 3. The van der Waals surface area contributed by atoms with Gasteiger partial charge in [0.2, 0.25) is 11.8 Å². The Morgan fingerprint density at radius 1 is 0.896 bits per heavy atom. The molecule has 2 amide bonds. The predicted molar refractivity (Wildman–Crippen MR) is 179 cm³/mol. The maximum Gasteiger partial charge on any atom is 0.240 e. The van der Waals surface area contributed by atoms with Crippen molar-refractivity contribution in [1.29, 1.82) is 0 Å². The lowest BCUT2D eigenvalue weighted by atomic mass is 9.99. The van der Waals surface area contributed by atoms with Gasteiger partial charge in [0.1, 0.15) is 17.0 Å². The second kappa shape index (κ2) is 14.1. The monoisotopic (exact) mass is 659 g/mol. The van der Waals surface area contributed by atoms with Gasteiger partial charge in [-0.25, -0.2) is 8.78 Å². The van der Waals surface area contributed by atoms with Gasteiger partial charge in [-0.3, -0.25) is 14.6 Å². The number of aromatic nitrogens is 1. The number of ether oxygens (including phenoxy) is 3. The molecule has 0 unspecified atom stereocenters. The number of piperazine rings is 1. The molecule has 1 aromatic heterocycles. The van der Waals surface area contributed by atoms with Crippen LogP contribution in [0.3, 0.4) is 0 Å². The minimum Gasteiger partial charge on any atom is -0.493 e. The molecule has 4 aromatic rings. The fraction of sp³-hybridized carbons (Fsp3) is 0.361. The first-order valence-corrected chi connectivity index (χ1v) is 16.1. The first-order chi connectivity index (χ1) is 23.2. The summed E-state index contributed by atoms with van der Waals surface area (Å²) in [5.74, 6) is -1.37. The molecule has 0 bridgehead atoms. The molecule has 1 aliphatic heterocycles. The van der Waals surface area contributed by atoms with Gasteiger partial charge in [0.25, 0.3) is 0 Å². The van der Waals surface area contributed by atoms with Crippen LogP contribution in [0.2, 0.25) is 0 Å². The third-order valence-corrected chi connectivity index (χ3v) is 9.41. The van der Waals surface area contributed by atoms with Crippen molar-refractivity contribution in [3.63, 3.8) is 0 Å². The van der Waals surface area contributed by atoms with Gasteiger partial charge >= 0.3 is 0 Å². The summed E-state index contributed by atoms with van der Waals surface area (Å²) in [7, 11) is 1.55. The molecule has 1 aliphatic carbocycles. The Morgan fingerprint density at radius 2 is 1.58 bits per heavy atom. The number of halogens is 2. The van der Waals surface area contributed by atoms with E-state index in [1.807, 2.05) is 13.8 Å². The number of nitrogens with zero attached hydrogens (tertiary/aromatic N) is 2. The van der Waals surface area contributed by atoms with E-state index in [9.17, 15) is 14.0 Å². The van der Waals surface area contributed by atoms with Crippen molar-refractivity contribution < 1.29 is 32.6 Å². The number of benzene rings is 3. The number of pyridine rings is 1. The summed E-state index contributed by atoms with van der Waals surface area (Å²) in [5.41, 5.74) is -0.224. The lowest BCUT2D eigenvalue weighted by Crippen LogP contribution is -2.43. The van der Waals surface area contributed by atoms with Crippen LogP contribution in [0.4, 0.5) is 20.2 Å². The summed E-state index contributed by atoms with van der Waals surface area (Å²) in [4.78, 5) is 33.6. The van der Waals surface area contributed by atoms with Crippen molar-refractivity contribution in [2.75, 3.05) is 57.1 Å². The van der Waals surface area contributed by atoms with Crippen LogP contribution in [-0.2, 0) is 9.59 Å². The van der Waals surface area contributed by atoms with Crippen LogP contribution in [0.1, 0.15) is 20.3 Å². The summed E-state index contributed by atoms with van der Waals surface area (Å²) in [6, 6.07) is 14.5. The Labute approximate surface area is 277 Å². The number of hydrogen-bond acceptors (Lipinski definition) is 8. The molecule has 0 radical (unpaired) electrons. The standard InChI is InChI=1S/C36H39F2N5O5/c1-22-23(2)36(22,34(44)41-25-7-5-24(37)6-8-25)35(45)42-26-9-10-31(28(38)19-26)48-30-11-12-40-29-21-33(32(46-3)20-27(29)30)47-18-4-15-43-16-13-39-14-17-43/h5-12,19-23,39H,4,13-18H2,1-3H3,(H,41,44)(H,42,45)/t22-,23+,36+. The third-order valence-electron chi connectivity index (χ3n) is 9.41. The summed E-state index contributed by atoms with van der Waals surface area (Å²) < 4.78 is 46.4. The lowest BCUT2D eigenvalue weighted by molar-refractivity contribution is -0.132. The normalized spacial score (nSPS) is 20.6. The van der Waals surface area contributed by atoms with Gasteiger partial charge in [0, 0.05) is 67.8 Å². The third kappa shape index (κ3) is 6.76.